The van der Waals surface area contributed by atoms with Crippen molar-refractivity contribution in [3.05, 3.63) is 17.0 Å². The second kappa shape index (κ2) is 9.28. The van der Waals surface area contributed by atoms with E-state index in [-0.39, 0.29) is 29.5 Å². The van der Waals surface area contributed by atoms with Crippen LogP contribution in [0.3, 0.4) is 0 Å². The number of likely N-dealkylation sites (N-methyl/N-ethyl adjacent to an activating group) is 1. The van der Waals surface area contributed by atoms with Crippen LogP contribution < -0.4 is 10.6 Å². The Morgan fingerprint density at radius 1 is 1.38 bits per heavy atom. The minimum absolute atomic E-state index is 0. The monoisotopic (exact) mass is 466 g/mol. The van der Waals surface area contributed by atoms with E-state index in [1.165, 1.54) is 29.2 Å². The fourth-order valence-corrected chi connectivity index (χ4v) is 4.51. The van der Waals surface area contributed by atoms with Crippen molar-refractivity contribution < 1.29 is 0 Å². The second-order valence-electron chi connectivity index (χ2n) is 6.47. The number of rotatable bonds is 5. The van der Waals surface area contributed by atoms with Gasteiger partial charge in [0.1, 0.15) is 0 Å². The highest BCUT2D eigenvalue weighted by Crippen LogP contribution is 2.31. The van der Waals surface area contributed by atoms with Gasteiger partial charge in [-0.1, -0.05) is 0 Å². The summed E-state index contributed by atoms with van der Waals surface area (Å²) in [7, 11) is 8.15. The first-order valence-corrected chi connectivity index (χ1v) is 9.24. The zero-order chi connectivity index (χ0) is 17.0. The van der Waals surface area contributed by atoms with E-state index in [1.54, 1.807) is 0 Å². The van der Waals surface area contributed by atoms with E-state index in [2.05, 4.69) is 53.6 Å². The third-order valence-electron chi connectivity index (χ3n) is 4.93. The molecule has 1 unspecified atom stereocenters. The lowest BCUT2D eigenvalue weighted by molar-refractivity contribution is 0.183. The predicted octanol–water partition coefficient (Wildman–Crippen LogP) is 1.76. The first-order chi connectivity index (χ1) is 10.9. The Bertz CT molecular complexity index is 563. The van der Waals surface area contributed by atoms with Gasteiger partial charge in [0.25, 0.3) is 0 Å². The molecule has 0 bridgehead atoms. The molecular formula is C16H31IN6S. The molecule has 1 fully saturated rings. The Balaban J connectivity index is 0.00000288. The molecule has 138 valence electrons. The summed E-state index contributed by atoms with van der Waals surface area (Å²) in [5.41, 5.74) is 3.74. The molecule has 0 aliphatic carbocycles. The summed E-state index contributed by atoms with van der Waals surface area (Å²) < 4.78 is 1.93. The quantitative estimate of drug-likeness (QED) is 0.394. The van der Waals surface area contributed by atoms with E-state index in [4.69, 9.17) is 0 Å². The van der Waals surface area contributed by atoms with Gasteiger partial charge in [-0.15, -0.1) is 24.0 Å². The maximum absolute atomic E-state index is 4.46. The van der Waals surface area contributed by atoms with Crippen LogP contribution in [-0.2, 0) is 13.6 Å². The van der Waals surface area contributed by atoms with Gasteiger partial charge >= 0.3 is 0 Å². The van der Waals surface area contributed by atoms with Crippen molar-refractivity contribution in [2.45, 2.75) is 32.4 Å². The molecule has 1 aliphatic heterocycles. The van der Waals surface area contributed by atoms with Gasteiger partial charge in [-0.3, -0.25) is 9.67 Å². The fourth-order valence-electron chi connectivity index (χ4n) is 2.96. The maximum Gasteiger partial charge on any atom is 0.191 e. The van der Waals surface area contributed by atoms with Crippen LogP contribution in [0.5, 0.6) is 0 Å². The van der Waals surface area contributed by atoms with Crippen LogP contribution >= 0.6 is 35.7 Å². The van der Waals surface area contributed by atoms with E-state index >= 15 is 0 Å². The predicted molar refractivity (Wildman–Crippen MR) is 115 cm³/mol. The molecule has 24 heavy (non-hydrogen) atoms. The highest BCUT2D eigenvalue weighted by molar-refractivity contribution is 14.0. The van der Waals surface area contributed by atoms with Crippen LogP contribution in [0.25, 0.3) is 0 Å². The number of hydrogen-bond acceptors (Lipinski definition) is 4. The summed E-state index contributed by atoms with van der Waals surface area (Å²) in [6.07, 6.45) is 1.22. The second-order valence-corrected chi connectivity index (χ2v) is 7.58. The number of aromatic nitrogens is 2. The van der Waals surface area contributed by atoms with Crippen molar-refractivity contribution in [2.24, 2.45) is 12.0 Å². The van der Waals surface area contributed by atoms with E-state index in [0.717, 1.165) is 24.7 Å². The minimum atomic E-state index is 0. The first-order valence-electron chi connectivity index (χ1n) is 8.08. The molecule has 1 atom stereocenters. The van der Waals surface area contributed by atoms with Crippen LogP contribution in [-0.4, -0.2) is 65.4 Å². The van der Waals surface area contributed by atoms with Crippen LogP contribution in [0.4, 0.5) is 0 Å². The highest BCUT2D eigenvalue weighted by atomic mass is 127. The van der Waals surface area contributed by atoms with E-state index in [9.17, 15) is 0 Å². The van der Waals surface area contributed by atoms with Crippen molar-refractivity contribution >= 4 is 41.7 Å². The fraction of sp³-hybridized carbons (Fsp3) is 0.750. The molecule has 1 aliphatic rings. The lowest BCUT2D eigenvalue weighted by atomic mass is 9.97. The molecule has 1 aromatic rings. The van der Waals surface area contributed by atoms with Gasteiger partial charge in [-0.2, -0.15) is 16.9 Å². The van der Waals surface area contributed by atoms with Gasteiger partial charge in [0, 0.05) is 49.7 Å². The summed E-state index contributed by atoms with van der Waals surface area (Å²) in [5, 5.41) is 11.4. The van der Waals surface area contributed by atoms with Gasteiger partial charge in [0.15, 0.2) is 5.96 Å². The molecule has 8 heteroatoms. The number of thioether (sulfide) groups is 1. The number of hydrogen-bond donors (Lipinski definition) is 2. The molecule has 0 saturated carbocycles. The number of aryl methyl sites for hydroxylation is 2. The van der Waals surface area contributed by atoms with Gasteiger partial charge in [-0.05, 0) is 40.1 Å². The van der Waals surface area contributed by atoms with Gasteiger partial charge < -0.3 is 15.5 Å². The molecule has 1 aromatic heterocycles. The summed E-state index contributed by atoms with van der Waals surface area (Å²) in [4.78, 5) is 6.71. The zero-order valence-corrected chi connectivity index (χ0v) is 18.8. The normalized spacial score (nSPS) is 21.0. The van der Waals surface area contributed by atoms with Crippen molar-refractivity contribution in [3.8, 4) is 0 Å². The Kier molecular flexibility index (Phi) is 8.34. The summed E-state index contributed by atoms with van der Waals surface area (Å²) in [6, 6.07) is 0. The minimum Gasteiger partial charge on any atom is -0.355 e. The summed E-state index contributed by atoms with van der Waals surface area (Å²) in [6.45, 7) is 5.81. The highest BCUT2D eigenvalue weighted by Gasteiger charge is 2.36. The lowest BCUT2D eigenvalue weighted by Crippen LogP contribution is -2.54. The number of guanidine groups is 1. The molecule has 0 amide bonds. The summed E-state index contributed by atoms with van der Waals surface area (Å²) in [5.74, 6) is 3.26. The molecule has 2 heterocycles. The Morgan fingerprint density at radius 2 is 2.08 bits per heavy atom. The SMILES string of the molecule is CN=C(NCc1c(C)nn(C)c1C)NCC1(N(C)C)CCSC1.I. The molecular weight excluding hydrogens is 435 g/mol. The smallest absolute Gasteiger partial charge is 0.191 e. The van der Waals surface area contributed by atoms with Gasteiger partial charge in [0.2, 0.25) is 0 Å². The molecule has 2 N–H and O–H groups in total. The number of nitrogens with zero attached hydrogens (tertiary/aromatic N) is 4. The van der Waals surface area contributed by atoms with Crippen LogP contribution in [0.2, 0.25) is 0 Å². The number of nitrogens with one attached hydrogen (secondary N) is 2. The van der Waals surface area contributed by atoms with Crippen molar-refractivity contribution in [2.75, 3.05) is 39.2 Å². The molecule has 0 spiro atoms. The Morgan fingerprint density at radius 3 is 2.54 bits per heavy atom. The third kappa shape index (κ3) is 4.78. The topological polar surface area (TPSA) is 57.5 Å². The number of aliphatic imine (C=N–C) groups is 1. The van der Waals surface area contributed by atoms with Crippen LogP contribution in [0, 0.1) is 13.8 Å². The zero-order valence-electron chi connectivity index (χ0n) is 15.6. The average Bonchev–Trinajstić information content (AvgIpc) is 3.08. The standard InChI is InChI=1S/C16H30N6S.HI/c1-12-14(13(2)22(6)20-12)9-18-15(17-3)19-10-16(21(4)5)7-8-23-11-16;/h7-11H2,1-6H3,(H2,17,18,19);1H. The van der Waals surface area contributed by atoms with E-state index in [1.807, 2.05) is 30.5 Å². The first kappa shape index (κ1) is 21.6. The molecule has 0 radical (unpaired) electrons. The molecule has 1 saturated heterocycles. The number of halogens is 1. The van der Waals surface area contributed by atoms with E-state index < -0.39 is 0 Å². The van der Waals surface area contributed by atoms with Crippen molar-refractivity contribution in [1.82, 2.24) is 25.3 Å². The molecule has 0 aromatic carbocycles. The van der Waals surface area contributed by atoms with Crippen LogP contribution in [0.1, 0.15) is 23.4 Å². The van der Waals surface area contributed by atoms with E-state index in [0.29, 0.717) is 0 Å². The lowest BCUT2D eigenvalue weighted by Gasteiger charge is -2.36. The Labute approximate surface area is 167 Å². The third-order valence-corrected chi connectivity index (χ3v) is 6.17. The van der Waals surface area contributed by atoms with Crippen molar-refractivity contribution in [3.63, 3.8) is 0 Å². The Hall–Kier alpha value is -0.480. The summed E-state index contributed by atoms with van der Waals surface area (Å²) >= 11 is 2.03. The average molecular weight is 466 g/mol. The van der Waals surface area contributed by atoms with Gasteiger partial charge in [-0.25, -0.2) is 0 Å². The molecule has 6 nitrogen and oxygen atoms in total. The van der Waals surface area contributed by atoms with Crippen molar-refractivity contribution in [1.29, 1.82) is 0 Å². The van der Waals surface area contributed by atoms with Crippen LogP contribution in [0.15, 0.2) is 4.99 Å². The maximum atomic E-state index is 4.46. The molecule has 2 rings (SSSR count). The largest absolute Gasteiger partial charge is 0.355 e. The van der Waals surface area contributed by atoms with Gasteiger partial charge in [0.05, 0.1) is 5.69 Å².